The lowest BCUT2D eigenvalue weighted by Crippen LogP contribution is -2.36. The van der Waals surface area contributed by atoms with Gasteiger partial charge in [-0.2, -0.15) is 0 Å². The van der Waals surface area contributed by atoms with E-state index in [1.54, 1.807) is 0 Å². The van der Waals surface area contributed by atoms with Gasteiger partial charge in [0.1, 0.15) is 0 Å². The summed E-state index contributed by atoms with van der Waals surface area (Å²) in [5.74, 6) is 0.790. The lowest BCUT2D eigenvalue weighted by Gasteiger charge is -2.37. The molecule has 0 aliphatic heterocycles. The Balaban J connectivity index is 2.74. The predicted octanol–water partition coefficient (Wildman–Crippen LogP) is 6.31. The topological polar surface area (TPSA) is 26.0 Å². The maximum Gasteiger partial charge on any atom is 0.0125 e. The average Bonchev–Trinajstić information content (AvgIpc) is 2.35. The SMILES string of the molecule is CC(C)C1(C)CCCCCC(C)(N)CCCC(C)(C)CC1. The van der Waals surface area contributed by atoms with Crippen LogP contribution in [0.3, 0.4) is 0 Å². The van der Waals surface area contributed by atoms with Gasteiger partial charge in [-0.25, -0.2) is 0 Å². The van der Waals surface area contributed by atoms with E-state index in [1.807, 2.05) is 0 Å². The van der Waals surface area contributed by atoms with Crippen LogP contribution in [0, 0.1) is 16.7 Å². The van der Waals surface area contributed by atoms with E-state index in [-0.39, 0.29) is 5.54 Å². The van der Waals surface area contributed by atoms with E-state index in [9.17, 15) is 0 Å². The van der Waals surface area contributed by atoms with Gasteiger partial charge in [0.2, 0.25) is 0 Å². The molecule has 126 valence electrons. The molecule has 0 aromatic heterocycles. The maximum absolute atomic E-state index is 6.49. The first-order chi connectivity index (χ1) is 9.56. The van der Waals surface area contributed by atoms with Crippen molar-refractivity contribution in [1.29, 1.82) is 0 Å². The minimum absolute atomic E-state index is 0.0610. The van der Waals surface area contributed by atoms with Gasteiger partial charge in [0, 0.05) is 5.54 Å². The molecule has 1 aliphatic carbocycles. The molecule has 1 saturated carbocycles. The minimum Gasteiger partial charge on any atom is -0.325 e. The van der Waals surface area contributed by atoms with Crippen molar-refractivity contribution in [1.82, 2.24) is 0 Å². The molecule has 21 heavy (non-hydrogen) atoms. The van der Waals surface area contributed by atoms with Gasteiger partial charge in [0.05, 0.1) is 0 Å². The third-order valence-corrected chi connectivity index (χ3v) is 6.36. The first-order valence-electron chi connectivity index (χ1n) is 9.35. The zero-order valence-electron chi connectivity index (χ0n) is 15.7. The van der Waals surface area contributed by atoms with Crippen LogP contribution in [0.1, 0.15) is 106 Å². The van der Waals surface area contributed by atoms with Crippen LogP contribution in [-0.4, -0.2) is 5.54 Å². The summed E-state index contributed by atoms with van der Waals surface area (Å²) in [7, 11) is 0. The Labute approximate surface area is 134 Å². The normalized spacial score (nSPS) is 36.6. The van der Waals surface area contributed by atoms with Crippen molar-refractivity contribution in [3.8, 4) is 0 Å². The lowest BCUT2D eigenvalue weighted by molar-refractivity contribution is 0.138. The van der Waals surface area contributed by atoms with Gasteiger partial charge in [-0.1, -0.05) is 60.3 Å². The smallest absolute Gasteiger partial charge is 0.0125 e. The molecule has 0 aromatic carbocycles. The molecule has 0 saturated heterocycles. The van der Waals surface area contributed by atoms with Gasteiger partial charge in [-0.05, 0) is 62.2 Å². The first-order valence-corrected chi connectivity index (χ1v) is 9.35. The van der Waals surface area contributed by atoms with Gasteiger partial charge in [0.25, 0.3) is 0 Å². The van der Waals surface area contributed by atoms with Crippen molar-refractivity contribution in [3.05, 3.63) is 0 Å². The summed E-state index contributed by atoms with van der Waals surface area (Å²) >= 11 is 0. The minimum atomic E-state index is 0.0610. The monoisotopic (exact) mass is 295 g/mol. The molecule has 0 bridgehead atoms. The second-order valence-electron chi connectivity index (χ2n) is 9.54. The van der Waals surface area contributed by atoms with Crippen molar-refractivity contribution in [3.63, 3.8) is 0 Å². The summed E-state index contributed by atoms with van der Waals surface area (Å²) in [6.07, 6.45) is 13.2. The van der Waals surface area contributed by atoms with Crippen molar-refractivity contribution in [2.45, 2.75) is 111 Å². The Morgan fingerprint density at radius 3 is 1.86 bits per heavy atom. The van der Waals surface area contributed by atoms with Crippen molar-refractivity contribution in [2.75, 3.05) is 0 Å². The van der Waals surface area contributed by atoms with E-state index in [0.717, 1.165) is 5.92 Å². The van der Waals surface area contributed by atoms with Gasteiger partial charge < -0.3 is 5.73 Å². The fraction of sp³-hybridized carbons (Fsp3) is 1.00. The number of rotatable bonds is 1. The van der Waals surface area contributed by atoms with Crippen LogP contribution in [0.5, 0.6) is 0 Å². The molecule has 1 heteroatoms. The zero-order valence-corrected chi connectivity index (χ0v) is 15.7. The van der Waals surface area contributed by atoms with Gasteiger partial charge >= 0.3 is 0 Å². The van der Waals surface area contributed by atoms with E-state index in [2.05, 4.69) is 41.5 Å². The highest BCUT2D eigenvalue weighted by Crippen LogP contribution is 2.42. The second-order valence-corrected chi connectivity index (χ2v) is 9.54. The van der Waals surface area contributed by atoms with Crippen LogP contribution < -0.4 is 5.73 Å². The highest BCUT2D eigenvalue weighted by molar-refractivity contribution is 4.84. The van der Waals surface area contributed by atoms with Crippen LogP contribution in [0.2, 0.25) is 0 Å². The van der Waals surface area contributed by atoms with E-state index < -0.39 is 0 Å². The number of nitrogens with two attached hydrogens (primary N) is 1. The standard InChI is InChI=1S/C20H41N/c1-17(2)19(5)12-8-7-9-13-20(6,21)14-10-11-18(3,4)15-16-19/h17H,7-16,21H2,1-6H3. The fourth-order valence-electron chi connectivity index (χ4n) is 3.78. The molecule has 0 amide bonds. The zero-order chi connectivity index (χ0) is 16.1. The highest BCUT2D eigenvalue weighted by atomic mass is 14.7. The Morgan fingerprint density at radius 2 is 1.24 bits per heavy atom. The number of hydrogen-bond acceptors (Lipinski definition) is 1. The van der Waals surface area contributed by atoms with Crippen LogP contribution in [0.15, 0.2) is 0 Å². The quantitative estimate of drug-likeness (QED) is 0.603. The second kappa shape index (κ2) is 7.49. The highest BCUT2D eigenvalue weighted by Gasteiger charge is 2.31. The number of hydrogen-bond donors (Lipinski definition) is 1. The van der Waals surface area contributed by atoms with E-state index >= 15 is 0 Å². The fourth-order valence-corrected chi connectivity index (χ4v) is 3.78. The van der Waals surface area contributed by atoms with E-state index in [1.165, 1.54) is 64.2 Å². The molecular formula is C20H41N. The van der Waals surface area contributed by atoms with Crippen LogP contribution in [0.25, 0.3) is 0 Å². The predicted molar refractivity (Wildman–Crippen MR) is 95.5 cm³/mol. The van der Waals surface area contributed by atoms with Crippen molar-refractivity contribution in [2.24, 2.45) is 22.5 Å². The van der Waals surface area contributed by atoms with E-state index in [4.69, 9.17) is 5.73 Å². The molecule has 1 aliphatic rings. The van der Waals surface area contributed by atoms with Crippen LogP contribution in [-0.2, 0) is 0 Å². The largest absolute Gasteiger partial charge is 0.325 e. The maximum atomic E-state index is 6.49. The summed E-state index contributed by atoms with van der Waals surface area (Å²) in [5, 5.41) is 0. The van der Waals surface area contributed by atoms with Gasteiger partial charge in [0.15, 0.2) is 0 Å². The van der Waals surface area contributed by atoms with Gasteiger partial charge in [-0.3, -0.25) is 0 Å². The summed E-state index contributed by atoms with van der Waals surface area (Å²) in [4.78, 5) is 0. The molecular weight excluding hydrogens is 254 g/mol. The van der Waals surface area contributed by atoms with Gasteiger partial charge in [-0.15, -0.1) is 0 Å². The molecule has 1 nitrogen and oxygen atoms in total. The third-order valence-electron chi connectivity index (χ3n) is 6.36. The van der Waals surface area contributed by atoms with E-state index in [0.29, 0.717) is 10.8 Å². The van der Waals surface area contributed by atoms with Crippen molar-refractivity contribution >= 4 is 0 Å². The lowest BCUT2D eigenvalue weighted by atomic mass is 9.68. The Bertz CT molecular complexity index is 303. The molecule has 2 atom stereocenters. The molecule has 2 N–H and O–H groups in total. The van der Waals surface area contributed by atoms with Crippen LogP contribution in [0.4, 0.5) is 0 Å². The summed E-state index contributed by atoms with van der Waals surface area (Å²) < 4.78 is 0. The molecule has 0 spiro atoms. The molecule has 1 rings (SSSR count). The average molecular weight is 296 g/mol. The Morgan fingerprint density at radius 1 is 0.667 bits per heavy atom. The summed E-state index contributed by atoms with van der Waals surface area (Å²) in [6, 6.07) is 0. The Kier molecular flexibility index (Phi) is 6.78. The summed E-state index contributed by atoms with van der Waals surface area (Å²) in [6.45, 7) is 14.5. The van der Waals surface area contributed by atoms with Crippen LogP contribution >= 0.6 is 0 Å². The molecule has 2 unspecified atom stereocenters. The molecule has 0 radical (unpaired) electrons. The molecule has 1 fully saturated rings. The van der Waals surface area contributed by atoms with Crippen molar-refractivity contribution < 1.29 is 0 Å². The molecule has 0 aromatic rings. The summed E-state index contributed by atoms with van der Waals surface area (Å²) in [5.41, 5.74) is 7.55. The third kappa shape index (κ3) is 6.72. The first kappa shape index (κ1) is 19.0. The molecule has 0 heterocycles. The Hall–Kier alpha value is -0.0400.